The average Bonchev–Trinajstić information content (AvgIpc) is 2.49. The molecule has 1 aromatic heterocycles. The van der Waals surface area contributed by atoms with Crippen molar-refractivity contribution in [1.29, 1.82) is 0 Å². The molecule has 2 unspecified atom stereocenters. The minimum absolute atomic E-state index is 0.126. The molecule has 6 nitrogen and oxygen atoms in total. The molecule has 0 radical (unpaired) electrons. The van der Waals surface area contributed by atoms with E-state index in [1.165, 1.54) is 11.6 Å². The largest absolute Gasteiger partial charge is 0.480 e. The Labute approximate surface area is 83.4 Å². The fourth-order valence-corrected chi connectivity index (χ4v) is 1.74. The Kier molecular flexibility index (Phi) is 3.34. The fraction of sp³-hybridized carbons (Fsp3) is 0.571. The van der Waals surface area contributed by atoms with E-state index in [9.17, 15) is 9.00 Å². The molecular weight excluding hydrogens is 206 g/mol. The summed E-state index contributed by atoms with van der Waals surface area (Å²) in [6.07, 6.45) is 1.62. The van der Waals surface area contributed by atoms with E-state index in [4.69, 9.17) is 5.11 Å². The zero-order chi connectivity index (χ0) is 10.7. The second-order valence-corrected chi connectivity index (χ2v) is 4.65. The number of aliphatic carboxylic acids is 1. The van der Waals surface area contributed by atoms with Crippen molar-refractivity contribution in [3.8, 4) is 0 Å². The van der Waals surface area contributed by atoms with Gasteiger partial charge in [0.05, 0.1) is 11.4 Å². The van der Waals surface area contributed by atoms with E-state index >= 15 is 0 Å². The molecule has 0 fully saturated rings. The van der Waals surface area contributed by atoms with Crippen LogP contribution in [0.2, 0.25) is 0 Å². The van der Waals surface area contributed by atoms with Gasteiger partial charge in [-0.15, -0.1) is 5.10 Å². The number of aryl methyl sites for hydroxylation is 1. The van der Waals surface area contributed by atoms with Crippen LogP contribution in [0.15, 0.2) is 6.20 Å². The Morgan fingerprint density at radius 2 is 2.43 bits per heavy atom. The summed E-state index contributed by atoms with van der Waals surface area (Å²) in [4.78, 5) is 10.5. The molecule has 2 atom stereocenters. The number of aromatic nitrogens is 3. The van der Waals surface area contributed by atoms with Gasteiger partial charge in [-0.1, -0.05) is 5.21 Å². The summed E-state index contributed by atoms with van der Waals surface area (Å²) in [6.45, 7) is 1.41. The van der Waals surface area contributed by atoms with Crippen LogP contribution in [-0.2, 0) is 28.4 Å². The van der Waals surface area contributed by atoms with E-state index in [1.807, 2.05) is 0 Å². The van der Waals surface area contributed by atoms with Gasteiger partial charge in [0.25, 0.3) is 0 Å². The lowest BCUT2D eigenvalue weighted by atomic mass is 10.5. The highest BCUT2D eigenvalue weighted by atomic mass is 32.2. The summed E-state index contributed by atoms with van der Waals surface area (Å²) < 4.78 is 12.9. The van der Waals surface area contributed by atoms with E-state index < -0.39 is 22.0 Å². The molecule has 14 heavy (non-hydrogen) atoms. The lowest BCUT2D eigenvalue weighted by molar-refractivity contribution is -0.136. The highest BCUT2D eigenvalue weighted by Crippen LogP contribution is 2.03. The predicted octanol–water partition coefficient (Wildman–Crippen LogP) is -0.463. The minimum Gasteiger partial charge on any atom is -0.480 e. The van der Waals surface area contributed by atoms with E-state index in [0.717, 1.165) is 0 Å². The van der Waals surface area contributed by atoms with Crippen molar-refractivity contribution in [2.75, 3.05) is 0 Å². The Bertz CT molecular complexity index is 363. The monoisotopic (exact) mass is 217 g/mol. The van der Waals surface area contributed by atoms with Gasteiger partial charge in [-0.25, -0.2) is 0 Å². The first-order chi connectivity index (χ1) is 6.50. The third-order valence-corrected chi connectivity index (χ3v) is 3.25. The number of nitrogens with zero attached hydrogens (tertiary/aromatic N) is 3. The third-order valence-electron chi connectivity index (χ3n) is 1.68. The van der Waals surface area contributed by atoms with Crippen molar-refractivity contribution in [1.82, 2.24) is 15.0 Å². The van der Waals surface area contributed by atoms with Crippen LogP contribution in [0, 0.1) is 0 Å². The summed E-state index contributed by atoms with van der Waals surface area (Å²) in [5.74, 6) is -0.936. The van der Waals surface area contributed by atoms with Crippen LogP contribution in [0.5, 0.6) is 0 Å². The smallest absolute Gasteiger partial charge is 0.318 e. The molecule has 1 rings (SSSR count). The maximum atomic E-state index is 11.4. The van der Waals surface area contributed by atoms with Crippen LogP contribution < -0.4 is 0 Å². The standard InChI is InChI=1S/C7H11N3O3S/c1-5(7(11)12)14(13)4-6-3-10(2)9-8-6/h3,5H,4H2,1-2H3,(H,11,12). The maximum Gasteiger partial charge on any atom is 0.318 e. The zero-order valence-corrected chi connectivity index (χ0v) is 8.69. The van der Waals surface area contributed by atoms with Gasteiger partial charge in [0.15, 0.2) is 0 Å². The average molecular weight is 217 g/mol. The van der Waals surface area contributed by atoms with Gasteiger partial charge in [0.1, 0.15) is 5.25 Å². The van der Waals surface area contributed by atoms with Crippen LogP contribution in [0.3, 0.4) is 0 Å². The molecule has 0 saturated heterocycles. The van der Waals surface area contributed by atoms with Crippen molar-refractivity contribution in [3.63, 3.8) is 0 Å². The molecule has 1 heterocycles. The normalized spacial score (nSPS) is 15.0. The summed E-state index contributed by atoms with van der Waals surface area (Å²) in [5, 5.41) is 15.1. The highest BCUT2D eigenvalue weighted by molar-refractivity contribution is 7.85. The van der Waals surface area contributed by atoms with Crippen molar-refractivity contribution in [2.45, 2.75) is 17.9 Å². The van der Waals surface area contributed by atoms with Crippen molar-refractivity contribution in [3.05, 3.63) is 11.9 Å². The molecule has 0 saturated carbocycles. The Hall–Kier alpha value is -1.24. The van der Waals surface area contributed by atoms with E-state index in [1.54, 1.807) is 13.2 Å². The lowest BCUT2D eigenvalue weighted by Crippen LogP contribution is -2.22. The predicted molar refractivity (Wildman–Crippen MR) is 49.9 cm³/mol. The number of hydrogen-bond acceptors (Lipinski definition) is 4. The highest BCUT2D eigenvalue weighted by Gasteiger charge is 2.19. The topological polar surface area (TPSA) is 85.1 Å². The maximum absolute atomic E-state index is 11.4. The van der Waals surface area contributed by atoms with Crippen LogP contribution in [0.25, 0.3) is 0 Å². The van der Waals surface area contributed by atoms with Gasteiger partial charge in [0.2, 0.25) is 0 Å². The molecule has 0 aliphatic heterocycles. The van der Waals surface area contributed by atoms with Crippen molar-refractivity contribution < 1.29 is 14.1 Å². The van der Waals surface area contributed by atoms with Gasteiger partial charge < -0.3 is 5.11 Å². The molecule has 0 aliphatic rings. The number of carboxylic acid groups (broad SMARTS) is 1. The second-order valence-electron chi connectivity index (χ2n) is 2.89. The summed E-state index contributed by atoms with van der Waals surface area (Å²) in [5.41, 5.74) is 0.541. The van der Waals surface area contributed by atoms with Crippen LogP contribution in [-0.4, -0.2) is 35.5 Å². The molecule has 0 bridgehead atoms. The summed E-state index contributed by atoms with van der Waals surface area (Å²) >= 11 is 0. The molecule has 7 heteroatoms. The SMILES string of the molecule is CC(C(=O)O)S(=O)Cc1cn(C)nn1. The number of carbonyl (C=O) groups is 1. The molecule has 0 aliphatic carbocycles. The molecule has 0 aromatic carbocycles. The molecule has 0 spiro atoms. The van der Waals surface area contributed by atoms with Gasteiger partial charge in [-0.2, -0.15) is 0 Å². The van der Waals surface area contributed by atoms with E-state index in [-0.39, 0.29) is 5.75 Å². The Morgan fingerprint density at radius 3 is 2.86 bits per heavy atom. The Balaban J connectivity index is 2.61. The van der Waals surface area contributed by atoms with Crippen LogP contribution in [0.1, 0.15) is 12.6 Å². The van der Waals surface area contributed by atoms with Crippen LogP contribution >= 0.6 is 0 Å². The first-order valence-electron chi connectivity index (χ1n) is 3.96. The van der Waals surface area contributed by atoms with Crippen molar-refractivity contribution >= 4 is 16.8 Å². The lowest BCUT2D eigenvalue weighted by Gasteiger charge is -2.03. The molecule has 78 valence electrons. The van der Waals surface area contributed by atoms with E-state index in [0.29, 0.717) is 5.69 Å². The molecule has 1 aromatic rings. The number of carboxylic acids is 1. The second kappa shape index (κ2) is 4.32. The number of hydrogen-bond donors (Lipinski definition) is 1. The first-order valence-corrected chi connectivity index (χ1v) is 5.34. The molecule has 0 amide bonds. The molecular formula is C7H11N3O3S. The van der Waals surface area contributed by atoms with Gasteiger partial charge in [0, 0.05) is 24.0 Å². The van der Waals surface area contributed by atoms with Gasteiger partial charge in [-0.3, -0.25) is 13.7 Å². The van der Waals surface area contributed by atoms with Gasteiger partial charge in [-0.05, 0) is 6.92 Å². The van der Waals surface area contributed by atoms with E-state index in [2.05, 4.69) is 10.3 Å². The Morgan fingerprint density at radius 1 is 1.79 bits per heavy atom. The third kappa shape index (κ3) is 2.63. The minimum atomic E-state index is -1.45. The van der Waals surface area contributed by atoms with Crippen LogP contribution in [0.4, 0.5) is 0 Å². The summed E-state index contributed by atoms with van der Waals surface area (Å²) in [6, 6.07) is 0. The zero-order valence-electron chi connectivity index (χ0n) is 7.88. The quantitative estimate of drug-likeness (QED) is 0.737. The number of rotatable bonds is 4. The fourth-order valence-electron chi connectivity index (χ4n) is 0.845. The van der Waals surface area contributed by atoms with Crippen molar-refractivity contribution in [2.24, 2.45) is 7.05 Å². The summed E-state index contributed by atoms with van der Waals surface area (Å²) in [7, 11) is 0.247. The van der Waals surface area contributed by atoms with Gasteiger partial charge >= 0.3 is 5.97 Å². The molecule has 1 N–H and O–H groups in total. The first kappa shape index (κ1) is 10.8.